The van der Waals surface area contributed by atoms with Gasteiger partial charge in [-0.2, -0.15) is 0 Å². The van der Waals surface area contributed by atoms with Crippen LogP contribution in [0, 0.1) is 6.92 Å². The van der Waals surface area contributed by atoms with E-state index in [9.17, 15) is 0 Å². The molecule has 0 aliphatic carbocycles. The van der Waals surface area contributed by atoms with Gasteiger partial charge >= 0.3 is 0 Å². The van der Waals surface area contributed by atoms with E-state index in [0.29, 0.717) is 0 Å². The third-order valence-corrected chi connectivity index (χ3v) is 8.15. The van der Waals surface area contributed by atoms with E-state index >= 15 is 0 Å². The van der Waals surface area contributed by atoms with Crippen molar-refractivity contribution >= 4 is 54.4 Å². The Balaban J connectivity index is 0.000000374. The van der Waals surface area contributed by atoms with E-state index in [0.717, 1.165) is 5.82 Å². The Morgan fingerprint density at radius 2 is 1.39 bits per heavy atom. The van der Waals surface area contributed by atoms with Gasteiger partial charge in [0.05, 0.1) is 4.70 Å². The lowest BCUT2D eigenvalue weighted by molar-refractivity contribution is 0.702. The van der Waals surface area contributed by atoms with Crippen molar-refractivity contribution in [3.05, 3.63) is 90.6 Å². The zero-order valence-electron chi connectivity index (χ0n) is 23.7. The van der Waals surface area contributed by atoms with Crippen molar-refractivity contribution in [3.63, 3.8) is 0 Å². The number of hydrogen-bond donors (Lipinski definition) is 0. The predicted molar refractivity (Wildman–Crippen MR) is 170 cm³/mol. The lowest BCUT2D eigenvalue weighted by Gasteiger charge is -2.30. The first-order valence-corrected chi connectivity index (χ1v) is 15.0. The molecule has 0 radical (unpaired) electrons. The van der Waals surface area contributed by atoms with E-state index in [1.165, 1.54) is 68.5 Å². The fourth-order valence-electron chi connectivity index (χ4n) is 5.11. The molecule has 6 rings (SSSR count). The molecule has 0 spiro atoms. The van der Waals surface area contributed by atoms with Gasteiger partial charge in [-0.1, -0.05) is 108 Å². The molecule has 1 aliphatic rings. The number of aryl methyl sites for hydroxylation is 1. The number of para-hydroxylation sites is 2. The highest BCUT2D eigenvalue weighted by atomic mass is 32.1. The van der Waals surface area contributed by atoms with E-state index < -0.39 is 0 Å². The van der Waals surface area contributed by atoms with Gasteiger partial charge in [-0.3, -0.25) is 0 Å². The van der Waals surface area contributed by atoms with Gasteiger partial charge in [-0.05, 0) is 43.7 Å². The minimum Gasteiger partial charge on any atom is -0.316 e. The number of rotatable bonds is 5. The Hall–Kier alpha value is -3.37. The van der Waals surface area contributed by atoms with Gasteiger partial charge < -0.3 is 9.80 Å². The Bertz CT molecular complexity index is 1450. The summed E-state index contributed by atoms with van der Waals surface area (Å²) >= 11 is 1.86. The van der Waals surface area contributed by atoms with Crippen LogP contribution in [-0.2, 0) is 0 Å². The molecule has 1 aliphatic heterocycles. The summed E-state index contributed by atoms with van der Waals surface area (Å²) in [6, 6.07) is 27.9. The van der Waals surface area contributed by atoms with Crippen LogP contribution in [0.1, 0.15) is 65.9 Å². The maximum atomic E-state index is 5.03. The van der Waals surface area contributed by atoms with Crippen LogP contribution in [0.5, 0.6) is 0 Å². The Kier molecular flexibility index (Phi) is 9.41. The van der Waals surface area contributed by atoms with Crippen molar-refractivity contribution in [3.8, 4) is 0 Å². The van der Waals surface area contributed by atoms with Crippen LogP contribution in [0.4, 0.5) is 22.9 Å². The van der Waals surface area contributed by atoms with Gasteiger partial charge in [0.2, 0.25) is 0 Å². The molecule has 2 aromatic heterocycles. The predicted octanol–water partition coefficient (Wildman–Crippen LogP) is 11.0. The first-order chi connectivity index (χ1) is 18.7. The fraction of sp³-hybridized carbons (Fsp3) is 0.324. The Morgan fingerprint density at radius 3 is 2.08 bits per heavy atom. The molecule has 3 heterocycles. The molecule has 3 aromatic carbocycles. The minimum atomic E-state index is 0.117. The summed E-state index contributed by atoms with van der Waals surface area (Å²) in [7, 11) is 0. The normalized spacial score (nSPS) is 14.1. The Morgan fingerprint density at radius 1 is 0.763 bits per heavy atom. The second-order valence-electron chi connectivity index (χ2n) is 9.47. The van der Waals surface area contributed by atoms with Gasteiger partial charge in [-0.25, -0.2) is 4.98 Å². The van der Waals surface area contributed by atoms with E-state index in [1.807, 2.05) is 25.2 Å². The van der Waals surface area contributed by atoms with Crippen LogP contribution in [-0.4, -0.2) is 11.1 Å². The van der Waals surface area contributed by atoms with E-state index in [2.05, 4.69) is 123 Å². The number of unbranched alkanes of at least 4 members (excludes halogenated alkanes) is 3. The Labute approximate surface area is 232 Å². The number of thiophene rings is 1. The number of anilines is 4. The maximum absolute atomic E-state index is 5.03. The summed E-state index contributed by atoms with van der Waals surface area (Å²) in [5, 5.41) is 2.51. The average Bonchev–Trinajstić information content (AvgIpc) is 3.49. The average molecular weight is 524 g/mol. The molecule has 0 fully saturated rings. The second kappa shape index (κ2) is 12.9. The molecular weight excluding hydrogens is 482 g/mol. The number of benzene rings is 3. The third-order valence-electron chi connectivity index (χ3n) is 6.96. The van der Waals surface area contributed by atoms with Crippen molar-refractivity contribution in [2.75, 3.05) is 9.80 Å². The van der Waals surface area contributed by atoms with Crippen LogP contribution in [0.15, 0.2) is 85.1 Å². The number of aromatic nitrogens is 1. The van der Waals surface area contributed by atoms with Gasteiger partial charge in [0, 0.05) is 33.0 Å². The zero-order chi connectivity index (χ0) is 27.1. The van der Waals surface area contributed by atoms with Crippen LogP contribution in [0.2, 0.25) is 0 Å². The summed E-state index contributed by atoms with van der Waals surface area (Å²) in [5.74, 6) is 1.03. The minimum absolute atomic E-state index is 0.117. The fourth-order valence-corrected chi connectivity index (χ4v) is 6.33. The molecule has 3 nitrogen and oxygen atoms in total. The molecule has 0 saturated carbocycles. The molecule has 5 aromatic rings. The van der Waals surface area contributed by atoms with Gasteiger partial charge in [-0.15, -0.1) is 11.3 Å². The molecular formula is C34H41N3S. The summed E-state index contributed by atoms with van der Waals surface area (Å²) in [5.41, 5.74) is 4.85. The molecule has 1 unspecified atom stereocenters. The topological polar surface area (TPSA) is 19.4 Å². The monoisotopic (exact) mass is 523 g/mol. The SMILES string of the molecule is CC.CCCCCC.Cc1ccccc1N1c2ncc3c(sc4ccccc43)c2N(c2ccccc2)C1C. The number of fused-ring (bicyclic) bond motifs is 5. The summed E-state index contributed by atoms with van der Waals surface area (Å²) in [6.07, 6.45) is 7.71. The molecule has 0 amide bonds. The van der Waals surface area contributed by atoms with Gasteiger partial charge in [0.15, 0.2) is 5.82 Å². The highest BCUT2D eigenvalue weighted by molar-refractivity contribution is 7.26. The number of nitrogens with zero attached hydrogens (tertiary/aromatic N) is 3. The largest absolute Gasteiger partial charge is 0.316 e. The smallest absolute Gasteiger partial charge is 0.160 e. The summed E-state index contributed by atoms with van der Waals surface area (Å²) < 4.78 is 2.60. The second-order valence-corrected chi connectivity index (χ2v) is 10.5. The molecule has 4 heteroatoms. The van der Waals surface area contributed by atoms with Crippen molar-refractivity contribution in [1.82, 2.24) is 4.98 Å². The van der Waals surface area contributed by atoms with Crippen LogP contribution in [0.3, 0.4) is 0 Å². The maximum Gasteiger partial charge on any atom is 0.160 e. The van der Waals surface area contributed by atoms with Gasteiger partial charge in [0.25, 0.3) is 0 Å². The molecule has 198 valence electrons. The lowest BCUT2D eigenvalue weighted by atomic mass is 10.1. The molecule has 0 bridgehead atoms. The number of hydrogen-bond acceptors (Lipinski definition) is 4. The summed E-state index contributed by atoms with van der Waals surface area (Å²) in [4.78, 5) is 9.84. The van der Waals surface area contributed by atoms with Crippen LogP contribution < -0.4 is 9.80 Å². The first kappa shape index (κ1) is 27.7. The first-order valence-electron chi connectivity index (χ1n) is 14.1. The van der Waals surface area contributed by atoms with E-state index in [-0.39, 0.29) is 6.17 Å². The molecule has 38 heavy (non-hydrogen) atoms. The number of pyridine rings is 1. The van der Waals surface area contributed by atoms with Crippen molar-refractivity contribution in [2.24, 2.45) is 0 Å². The van der Waals surface area contributed by atoms with Crippen LogP contribution in [0.25, 0.3) is 20.2 Å². The highest BCUT2D eigenvalue weighted by Gasteiger charge is 2.38. The molecule has 0 N–H and O–H groups in total. The van der Waals surface area contributed by atoms with Gasteiger partial charge in [0.1, 0.15) is 11.9 Å². The highest BCUT2D eigenvalue weighted by Crippen LogP contribution is 2.52. The van der Waals surface area contributed by atoms with Crippen molar-refractivity contribution in [1.29, 1.82) is 0 Å². The zero-order valence-corrected chi connectivity index (χ0v) is 24.6. The summed E-state index contributed by atoms with van der Waals surface area (Å²) in [6.45, 7) is 12.9. The van der Waals surface area contributed by atoms with E-state index in [4.69, 9.17) is 4.98 Å². The third kappa shape index (κ3) is 5.28. The molecule has 1 atom stereocenters. The van der Waals surface area contributed by atoms with Crippen molar-refractivity contribution < 1.29 is 0 Å². The van der Waals surface area contributed by atoms with Crippen LogP contribution >= 0.6 is 11.3 Å². The molecule has 0 saturated heterocycles. The lowest BCUT2D eigenvalue weighted by Crippen LogP contribution is -2.35. The van der Waals surface area contributed by atoms with Crippen molar-refractivity contribution in [2.45, 2.75) is 73.4 Å². The standard InChI is InChI=1S/C26H21N3S.C6H14.C2H6/c1-17-10-6-8-14-22(17)29-18(2)28(19-11-4-3-5-12-19)24-25-21(16-27-26(24)29)20-13-7-9-15-23(20)30-25;1-3-5-6-4-2;1-2/h3-16,18H,1-2H3;3-6H2,1-2H3;1-2H3. The van der Waals surface area contributed by atoms with E-state index in [1.54, 1.807) is 0 Å². The quantitative estimate of drug-likeness (QED) is 0.214.